The number of hydrogen-bond donors (Lipinski definition) is 1. The monoisotopic (exact) mass is 411 g/mol. The van der Waals surface area contributed by atoms with Crippen molar-refractivity contribution in [1.29, 1.82) is 5.26 Å². The van der Waals surface area contributed by atoms with Crippen molar-refractivity contribution in [3.05, 3.63) is 60.3 Å². The van der Waals surface area contributed by atoms with Crippen LogP contribution < -0.4 is 15.1 Å². The van der Waals surface area contributed by atoms with Gasteiger partial charge in [0, 0.05) is 30.9 Å². The molecule has 5 rings (SSSR count). The van der Waals surface area contributed by atoms with Crippen molar-refractivity contribution in [2.24, 2.45) is 0 Å². The second-order valence-corrected chi connectivity index (χ2v) is 7.71. The van der Waals surface area contributed by atoms with E-state index in [9.17, 15) is 10.1 Å². The summed E-state index contributed by atoms with van der Waals surface area (Å²) >= 11 is 0. The fourth-order valence-electron chi connectivity index (χ4n) is 4.32. The van der Waals surface area contributed by atoms with Gasteiger partial charge in [0.25, 0.3) is 0 Å². The molecule has 2 aliphatic heterocycles. The lowest BCUT2D eigenvalue weighted by Crippen LogP contribution is -2.44. The molecule has 1 aromatic carbocycles. The van der Waals surface area contributed by atoms with Gasteiger partial charge < -0.3 is 4.90 Å². The van der Waals surface area contributed by atoms with E-state index in [4.69, 9.17) is 4.98 Å². The number of nitriles is 1. The number of aromatic nitrogens is 3. The van der Waals surface area contributed by atoms with Gasteiger partial charge >= 0.3 is 6.03 Å². The molecule has 0 aliphatic carbocycles. The Bertz CT molecular complexity index is 1160. The summed E-state index contributed by atoms with van der Waals surface area (Å²) in [7, 11) is 0. The second kappa shape index (κ2) is 8.03. The van der Waals surface area contributed by atoms with Crippen LogP contribution in [0.25, 0.3) is 11.3 Å². The Balaban J connectivity index is 1.59. The van der Waals surface area contributed by atoms with E-state index in [-0.39, 0.29) is 12.1 Å². The van der Waals surface area contributed by atoms with Crippen LogP contribution in [0, 0.1) is 11.3 Å². The first-order valence-corrected chi connectivity index (χ1v) is 10.4. The van der Waals surface area contributed by atoms with E-state index < -0.39 is 0 Å². The summed E-state index contributed by atoms with van der Waals surface area (Å²) in [5, 5.41) is 20.0. The first-order chi connectivity index (χ1) is 15.2. The average molecular weight is 411 g/mol. The molecule has 154 valence electrons. The maximum Gasteiger partial charge on any atom is 0.329 e. The van der Waals surface area contributed by atoms with Gasteiger partial charge in [-0.15, -0.1) is 5.10 Å². The molecule has 0 unspecified atom stereocenters. The van der Waals surface area contributed by atoms with Crippen molar-refractivity contribution in [1.82, 2.24) is 15.2 Å². The number of urea groups is 1. The van der Waals surface area contributed by atoms with Crippen LogP contribution in [0.5, 0.6) is 0 Å². The van der Waals surface area contributed by atoms with E-state index >= 15 is 0 Å². The van der Waals surface area contributed by atoms with E-state index in [0.717, 1.165) is 49.3 Å². The van der Waals surface area contributed by atoms with Crippen LogP contribution in [0.1, 0.15) is 24.8 Å². The molecule has 8 heteroatoms. The lowest BCUT2D eigenvalue weighted by molar-refractivity contribution is 0.254. The molecule has 2 aliphatic rings. The van der Waals surface area contributed by atoms with Gasteiger partial charge in [-0.1, -0.05) is 12.1 Å². The number of amides is 2. The number of carbonyl (C=O) groups excluding carboxylic acids is 1. The lowest BCUT2D eigenvalue weighted by Gasteiger charge is -2.32. The molecule has 0 radical (unpaired) electrons. The summed E-state index contributed by atoms with van der Waals surface area (Å²) in [6.07, 6.45) is 4.38. The number of hydrogen-bond acceptors (Lipinski definition) is 6. The number of nitrogens with zero attached hydrogens (tertiary/aromatic N) is 6. The van der Waals surface area contributed by atoms with Crippen molar-refractivity contribution in [2.75, 3.05) is 28.2 Å². The maximum absolute atomic E-state index is 13.4. The third-order valence-electron chi connectivity index (χ3n) is 5.80. The van der Waals surface area contributed by atoms with Crippen molar-refractivity contribution < 1.29 is 4.79 Å². The van der Waals surface area contributed by atoms with Crippen molar-refractivity contribution in [2.45, 2.75) is 25.3 Å². The van der Waals surface area contributed by atoms with Crippen LogP contribution in [0.4, 0.5) is 22.1 Å². The average Bonchev–Trinajstić information content (AvgIpc) is 3.13. The molecular weight excluding hydrogens is 390 g/mol. The molecule has 1 atom stereocenters. The quantitative estimate of drug-likeness (QED) is 0.688. The Labute approximate surface area is 180 Å². The number of carbonyl (C=O) groups is 1. The molecule has 31 heavy (non-hydrogen) atoms. The molecule has 3 aromatic rings. The predicted molar refractivity (Wildman–Crippen MR) is 118 cm³/mol. The first kappa shape index (κ1) is 19.0. The number of nitrogens with one attached hydrogen (secondary N) is 1. The minimum absolute atomic E-state index is 0.0520. The Morgan fingerprint density at radius 1 is 1.13 bits per heavy atom. The zero-order valence-electron chi connectivity index (χ0n) is 16.9. The smallest absolute Gasteiger partial charge is 0.329 e. The lowest BCUT2D eigenvalue weighted by atomic mass is 10.1. The highest BCUT2D eigenvalue weighted by Gasteiger charge is 2.35. The number of rotatable bonds is 2. The van der Waals surface area contributed by atoms with Crippen LogP contribution in [0.2, 0.25) is 0 Å². The highest BCUT2D eigenvalue weighted by molar-refractivity contribution is 6.03. The van der Waals surface area contributed by atoms with Gasteiger partial charge in [-0.05, 0) is 55.7 Å². The minimum Gasteiger partial charge on any atom is -0.368 e. The van der Waals surface area contributed by atoms with Gasteiger partial charge in [0.05, 0.1) is 23.0 Å². The molecule has 1 saturated heterocycles. The fraction of sp³-hybridized carbons (Fsp3) is 0.261. The molecule has 2 aromatic heterocycles. The van der Waals surface area contributed by atoms with Crippen LogP contribution in [0.3, 0.4) is 0 Å². The molecule has 0 saturated carbocycles. The van der Waals surface area contributed by atoms with E-state index in [1.165, 1.54) is 0 Å². The van der Waals surface area contributed by atoms with Gasteiger partial charge in [-0.25, -0.2) is 9.78 Å². The predicted octanol–water partition coefficient (Wildman–Crippen LogP) is 3.82. The van der Waals surface area contributed by atoms with Gasteiger partial charge in [-0.2, -0.15) is 10.4 Å². The molecule has 8 nitrogen and oxygen atoms in total. The normalized spacial score (nSPS) is 17.3. The summed E-state index contributed by atoms with van der Waals surface area (Å²) in [5.74, 6) is 1.05. The Hall–Kier alpha value is -3.99. The standard InChI is InChI=1S/C23H21N7O/c24-15-16-4-1-5-17(14-16)19-8-9-20-22(26-19)30(18-6-3-12-29(20)13-10-18)23(31)27-21-7-2-11-25-28-21/h1-2,4-5,7-9,11,14,18H,3,6,10,12-13H2,(H,27,28,31)/t18-/m1/s1. The minimum atomic E-state index is -0.258. The highest BCUT2D eigenvalue weighted by atomic mass is 16.2. The Kier molecular flexibility index (Phi) is 4.92. The Morgan fingerprint density at radius 3 is 2.90 bits per heavy atom. The zero-order valence-corrected chi connectivity index (χ0v) is 16.9. The van der Waals surface area contributed by atoms with E-state index in [2.05, 4.69) is 26.5 Å². The zero-order chi connectivity index (χ0) is 21.2. The van der Waals surface area contributed by atoms with Gasteiger partial charge in [0.1, 0.15) is 0 Å². The molecule has 1 fully saturated rings. The highest BCUT2D eigenvalue weighted by Crippen LogP contribution is 2.38. The van der Waals surface area contributed by atoms with Crippen LogP contribution in [0.15, 0.2) is 54.7 Å². The number of fused-ring (bicyclic) bond motifs is 5. The summed E-state index contributed by atoms with van der Waals surface area (Å²) in [6.45, 7) is 1.84. The molecule has 4 heterocycles. The van der Waals surface area contributed by atoms with Gasteiger partial charge in [0.15, 0.2) is 11.6 Å². The van der Waals surface area contributed by atoms with Crippen LogP contribution >= 0.6 is 0 Å². The number of pyridine rings is 1. The van der Waals surface area contributed by atoms with Crippen molar-refractivity contribution in [3.63, 3.8) is 0 Å². The number of anilines is 3. The third-order valence-corrected chi connectivity index (χ3v) is 5.80. The van der Waals surface area contributed by atoms with Crippen LogP contribution in [-0.2, 0) is 0 Å². The maximum atomic E-state index is 13.4. The SMILES string of the molecule is N#Cc1cccc(-c2ccc3c(n2)N(C(=O)Nc2cccnn2)[C@@H]2CCCN3CC2)c1. The molecule has 1 N–H and O–H groups in total. The van der Waals surface area contributed by atoms with Gasteiger partial charge in [0.2, 0.25) is 0 Å². The third kappa shape index (κ3) is 3.66. The van der Waals surface area contributed by atoms with Crippen molar-refractivity contribution >= 4 is 23.4 Å². The molecular formula is C23H21N7O. The van der Waals surface area contributed by atoms with E-state index in [0.29, 0.717) is 17.2 Å². The second-order valence-electron chi connectivity index (χ2n) is 7.71. The largest absolute Gasteiger partial charge is 0.368 e. The first-order valence-electron chi connectivity index (χ1n) is 10.4. The molecule has 0 spiro atoms. The topological polar surface area (TPSA) is 98.0 Å². The Morgan fingerprint density at radius 2 is 2.06 bits per heavy atom. The van der Waals surface area contributed by atoms with E-state index in [1.54, 1.807) is 29.3 Å². The van der Waals surface area contributed by atoms with E-state index in [1.807, 2.05) is 30.3 Å². The van der Waals surface area contributed by atoms with Gasteiger partial charge in [-0.3, -0.25) is 10.2 Å². The molecule has 2 bridgehead atoms. The number of benzene rings is 1. The summed E-state index contributed by atoms with van der Waals surface area (Å²) in [6, 6.07) is 16.8. The fourth-order valence-corrected chi connectivity index (χ4v) is 4.32. The van der Waals surface area contributed by atoms with Crippen LogP contribution in [-0.4, -0.2) is 40.3 Å². The summed E-state index contributed by atoms with van der Waals surface area (Å²) in [4.78, 5) is 22.4. The summed E-state index contributed by atoms with van der Waals surface area (Å²) < 4.78 is 0. The molecule has 2 amide bonds. The summed E-state index contributed by atoms with van der Waals surface area (Å²) in [5.41, 5.74) is 3.11. The van der Waals surface area contributed by atoms with Crippen molar-refractivity contribution in [3.8, 4) is 17.3 Å².